The fraction of sp³-hybridized carbons (Fsp3) is 0.400. The van der Waals surface area contributed by atoms with Crippen molar-refractivity contribution in [1.82, 2.24) is 5.32 Å². The normalized spacial score (nSPS) is 21.1. The van der Waals surface area contributed by atoms with Crippen LogP contribution < -0.4 is 5.32 Å². The smallest absolute Gasteiger partial charge is 0.225 e. The van der Waals surface area contributed by atoms with Crippen LogP contribution in [-0.4, -0.2) is 30.8 Å². The number of aliphatic hydroxyl groups is 1. The average molecular weight is 307 g/mol. The van der Waals surface area contributed by atoms with Crippen molar-refractivity contribution in [3.8, 4) is 0 Å². The Morgan fingerprint density at radius 2 is 2.43 bits per heavy atom. The molecular formula is C15H17NO4S. The molecule has 21 heavy (non-hydrogen) atoms. The minimum absolute atomic E-state index is 0.0778. The van der Waals surface area contributed by atoms with Gasteiger partial charge in [-0.25, -0.2) is 0 Å². The summed E-state index contributed by atoms with van der Waals surface area (Å²) in [6.45, 7) is 1.19. The van der Waals surface area contributed by atoms with Gasteiger partial charge in [-0.3, -0.25) is 4.79 Å². The number of thiophene rings is 1. The lowest BCUT2D eigenvalue weighted by Crippen LogP contribution is -2.43. The predicted octanol–water partition coefficient (Wildman–Crippen LogP) is 1.73. The number of ether oxygens (including phenoxy) is 1. The van der Waals surface area contributed by atoms with Crippen molar-refractivity contribution in [3.63, 3.8) is 0 Å². The number of hydrogen-bond donors (Lipinski definition) is 2. The van der Waals surface area contributed by atoms with Crippen molar-refractivity contribution >= 4 is 17.2 Å². The largest absolute Gasteiger partial charge is 0.472 e. The van der Waals surface area contributed by atoms with Crippen molar-refractivity contribution < 1.29 is 19.1 Å². The maximum absolute atomic E-state index is 12.1. The molecule has 1 aliphatic heterocycles. The Morgan fingerprint density at radius 3 is 3.05 bits per heavy atom. The molecule has 0 spiro atoms. The third-order valence-corrected chi connectivity index (χ3v) is 4.77. The third kappa shape index (κ3) is 2.88. The first-order valence-electron chi connectivity index (χ1n) is 6.84. The van der Waals surface area contributed by atoms with Gasteiger partial charge >= 0.3 is 0 Å². The number of furan rings is 1. The summed E-state index contributed by atoms with van der Waals surface area (Å²) in [6, 6.07) is 5.44. The Morgan fingerprint density at radius 1 is 1.52 bits per heavy atom. The van der Waals surface area contributed by atoms with E-state index in [1.165, 1.54) is 23.9 Å². The molecule has 5 nitrogen and oxygen atoms in total. The molecule has 0 saturated carbocycles. The molecule has 1 fully saturated rings. The Bertz CT molecular complexity index is 539. The lowest BCUT2D eigenvalue weighted by molar-refractivity contribution is -0.125. The molecule has 3 rings (SSSR count). The Hall–Kier alpha value is -1.63. The van der Waals surface area contributed by atoms with Gasteiger partial charge in [0.2, 0.25) is 5.91 Å². The molecule has 1 aliphatic rings. The van der Waals surface area contributed by atoms with E-state index in [1.54, 1.807) is 6.07 Å². The second-order valence-corrected chi connectivity index (χ2v) is 6.08. The topological polar surface area (TPSA) is 71.7 Å². The second kappa shape index (κ2) is 6.01. The minimum Gasteiger partial charge on any atom is -0.472 e. The Balaban J connectivity index is 1.76. The van der Waals surface area contributed by atoms with E-state index in [1.807, 2.05) is 17.5 Å². The van der Waals surface area contributed by atoms with Crippen LogP contribution in [0.5, 0.6) is 0 Å². The summed E-state index contributed by atoms with van der Waals surface area (Å²) in [5, 5.41) is 15.8. The van der Waals surface area contributed by atoms with E-state index in [2.05, 4.69) is 5.32 Å². The van der Waals surface area contributed by atoms with Gasteiger partial charge in [0.1, 0.15) is 5.60 Å². The van der Waals surface area contributed by atoms with Crippen molar-refractivity contribution in [2.45, 2.75) is 12.0 Å². The number of hydrogen-bond acceptors (Lipinski definition) is 5. The number of carbonyl (C=O) groups excluding carboxylic acids is 1. The molecule has 2 N–H and O–H groups in total. The van der Waals surface area contributed by atoms with Crippen LogP contribution in [0.4, 0.5) is 0 Å². The maximum Gasteiger partial charge on any atom is 0.225 e. The van der Waals surface area contributed by atoms with E-state index in [9.17, 15) is 9.90 Å². The zero-order valence-electron chi connectivity index (χ0n) is 11.5. The van der Waals surface area contributed by atoms with Crippen LogP contribution in [0.1, 0.15) is 16.9 Å². The first-order valence-corrected chi connectivity index (χ1v) is 7.72. The van der Waals surface area contributed by atoms with Gasteiger partial charge in [-0.1, -0.05) is 6.07 Å². The summed E-state index contributed by atoms with van der Waals surface area (Å²) < 4.78 is 10.3. The summed E-state index contributed by atoms with van der Waals surface area (Å²) in [4.78, 5) is 12.9. The minimum atomic E-state index is -1.27. The Labute approximate surface area is 126 Å². The molecule has 2 aromatic heterocycles. The lowest BCUT2D eigenvalue weighted by Gasteiger charge is -2.27. The van der Waals surface area contributed by atoms with Gasteiger partial charge in [0.15, 0.2) is 0 Å². The van der Waals surface area contributed by atoms with Gasteiger partial charge in [0, 0.05) is 17.0 Å². The summed E-state index contributed by atoms with van der Waals surface area (Å²) in [5.74, 6) is -0.201. The van der Waals surface area contributed by atoms with E-state index >= 15 is 0 Å². The number of carbonyl (C=O) groups is 1. The monoisotopic (exact) mass is 307 g/mol. The SMILES string of the molecule is O=C(NCC(O)(c1ccoc1)c1cccs1)C1CCOC1. The van der Waals surface area contributed by atoms with E-state index in [4.69, 9.17) is 9.15 Å². The molecule has 2 aromatic rings. The molecule has 3 heterocycles. The van der Waals surface area contributed by atoms with E-state index < -0.39 is 5.60 Å². The highest BCUT2D eigenvalue weighted by Crippen LogP contribution is 2.32. The first kappa shape index (κ1) is 14.3. The predicted molar refractivity (Wildman–Crippen MR) is 78.0 cm³/mol. The van der Waals surface area contributed by atoms with Gasteiger partial charge < -0.3 is 19.6 Å². The molecule has 2 atom stereocenters. The standard InChI is InChI=1S/C15H17NO4S/c17-14(11-3-5-19-8-11)16-10-15(18,12-4-6-20-9-12)13-2-1-7-21-13/h1-2,4,6-7,9,11,18H,3,5,8,10H2,(H,16,17). The van der Waals surface area contributed by atoms with Crippen LogP contribution in [0.3, 0.4) is 0 Å². The van der Waals surface area contributed by atoms with Crippen molar-refractivity contribution in [2.75, 3.05) is 19.8 Å². The van der Waals surface area contributed by atoms with Gasteiger partial charge in [0.25, 0.3) is 0 Å². The van der Waals surface area contributed by atoms with Gasteiger partial charge in [-0.15, -0.1) is 11.3 Å². The number of rotatable bonds is 5. The summed E-state index contributed by atoms with van der Waals surface area (Å²) >= 11 is 1.44. The summed E-state index contributed by atoms with van der Waals surface area (Å²) in [7, 11) is 0. The molecule has 1 saturated heterocycles. The van der Waals surface area contributed by atoms with Crippen molar-refractivity contribution in [1.29, 1.82) is 0 Å². The van der Waals surface area contributed by atoms with Crippen LogP contribution in [0.25, 0.3) is 0 Å². The fourth-order valence-electron chi connectivity index (χ4n) is 2.45. The zero-order chi connectivity index (χ0) is 14.7. The molecule has 0 aliphatic carbocycles. The summed E-state index contributed by atoms with van der Waals surface area (Å²) in [6.07, 6.45) is 3.75. The van der Waals surface area contributed by atoms with Crippen LogP contribution in [0, 0.1) is 5.92 Å². The highest BCUT2D eigenvalue weighted by atomic mass is 32.1. The molecule has 0 radical (unpaired) electrons. The zero-order valence-corrected chi connectivity index (χ0v) is 12.3. The lowest BCUT2D eigenvalue weighted by atomic mass is 9.94. The maximum atomic E-state index is 12.1. The van der Waals surface area contributed by atoms with Crippen LogP contribution in [0.15, 0.2) is 40.5 Å². The highest BCUT2D eigenvalue weighted by molar-refractivity contribution is 7.10. The fourth-order valence-corrected chi connectivity index (χ4v) is 3.29. The van der Waals surface area contributed by atoms with Crippen LogP contribution in [-0.2, 0) is 15.1 Å². The molecular weight excluding hydrogens is 290 g/mol. The molecule has 0 bridgehead atoms. The number of nitrogens with one attached hydrogen (secondary N) is 1. The molecule has 2 unspecified atom stereocenters. The molecule has 1 amide bonds. The van der Waals surface area contributed by atoms with Gasteiger partial charge in [-0.2, -0.15) is 0 Å². The molecule has 0 aromatic carbocycles. The molecule has 112 valence electrons. The van der Waals surface area contributed by atoms with E-state index in [-0.39, 0.29) is 18.4 Å². The van der Waals surface area contributed by atoms with E-state index in [0.29, 0.717) is 18.8 Å². The van der Waals surface area contributed by atoms with Crippen molar-refractivity contribution in [2.24, 2.45) is 5.92 Å². The van der Waals surface area contributed by atoms with Crippen molar-refractivity contribution in [3.05, 3.63) is 46.5 Å². The first-order chi connectivity index (χ1) is 10.2. The van der Waals surface area contributed by atoms with E-state index in [0.717, 1.165) is 11.3 Å². The van der Waals surface area contributed by atoms with Gasteiger partial charge in [-0.05, 0) is 23.9 Å². The second-order valence-electron chi connectivity index (χ2n) is 5.13. The summed E-state index contributed by atoms with van der Waals surface area (Å²) in [5.41, 5.74) is -0.635. The molecule has 6 heteroatoms. The highest BCUT2D eigenvalue weighted by Gasteiger charge is 2.35. The quantitative estimate of drug-likeness (QED) is 0.882. The average Bonchev–Trinajstić information content (AvgIpc) is 3.27. The Kier molecular flexibility index (Phi) is 4.10. The number of amides is 1. The third-order valence-electron chi connectivity index (χ3n) is 3.75. The van der Waals surface area contributed by atoms with Crippen LogP contribution in [0.2, 0.25) is 0 Å². The van der Waals surface area contributed by atoms with Crippen LogP contribution >= 0.6 is 11.3 Å². The van der Waals surface area contributed by atoms with Gasteiger partial charge in [0.05, 0.1) is 31.6 Å².